The lowest BCUT2D eigenvalue weighted by molar-refractivity contribution is 0.0628. The molecule has 1 amide bonds. The molecule has 0 radical (unpaired) electrons. The Balaban J connectivity index is 3.11. The van der Waals surface area contributed by atoms with Crippen molar-refractivity contribution in [2.75, 3.05) is 13.2 Å². The molecule has 7 heteroatoms. The zero-order chi connectivity index (χ0) is 20.5. The van der Waals surface area contributed by atoms with Gasteiger partial charge in [-0.3, -0.25) is 4.90 Å². The van der Waals surface area contributed by atoms with E-state index in [1.807, 2.05) is 0 Å². The monoisotopic (exact) mass is 401 g/mol. The number of rotatable bonds is 6. The van der Waals surface area contributed by atoms with Gasteiger partial charge in [0.25, 0.3) is 0 Å². The van der Waals surface area contributed by atoms with E-state index in [2.05, 4.69) is 73.4 Å². The molecule has 26 heavy (non-hydrogen) atoms. The van der Waals surface area contributed by atoms with E-state index in [1.54, 1.807) is 0 Å². The van der Waals surface area contributed by atoms with Gasteiger partial charge >= 0.3 is 6.09 Å². The normalized spacial score (nSPS) is 22.4. The summed E-state index contributed by atoms with van der Waals surface area (Å²) in [6, 6.07) is -0.171. The molecule has 0 aromatic heterocycles. The lowest BCUT2D eigenvalue weighted by atomic mass is 9.85. The molecule has 1 aliphatic heterocycles. The molecule has 0 saturated carbocycles. The van der Waals surface area contributed by atoms with Crippen LogP contribution in [0.15, 0.2) is 11.8 Å². The number of amides is 1. The SMILES string of the molecule is CC(C)C1C=C(O[Si](C)(C)C)CN(C(=O)O)C1CO[Si](C)(C)C(C)(C)C. The molecule has 0 fully saturated rings. The van der Waals surface area contributed by atoms with Crippen molar-refractivity contribution in [2.24, 2.45) is 11.8 Å². The Morgan fingerprint density at radius 1 is 1.27 bits per heavy atom. The second kappa shape index (κ2) is 8.06. The Morgan fingerprint density at radius 2 is 1.81 bits per heavy atom. The maximum atomic E-state index is 12.0. The number of hydrogen-bond donors (Lipinski definition) is 1. The maximum absolute atomic E-state index is 12.0. The Morgan fingerprint density at radius 3 is 2.19 bits per heavy atom. The highest BCUT2D eigenvalue weighted by molar-refractivity contribution is 6.74. The van der Waals surface area contributed by atoms with E-state index in [0.717, 1.165) is 5.76 Å². The molecule has 0 spiro atoms. The molecular formula is C19H39NO4Si2. The number of hydrogen-bond acceptors (Lipinski definition) is 3. The summed E-state index contributed by atoms with van der Waals surface area (Å²) in [6.07, 6.45) is 1.26. The van der Waals surface area contributed by atoms with Crippen molar-refractivity contribution in [3.05, 3.63) is 11.8 Å². The molecule has 0 aromatic carbocycles. The Bertz CT molecular complexity index is 533. The van der Waals surface area contributed by atoms with E-state index >= 15 is 0 Å². The number of nitrogens with zero attached hydrogens (tertiary/aromatic N) is 1. The fourth-order valence-corrected chi connectivity index (χ4v) is 4.83. The van der Waals surface area contributed by atoms with Crippen LogP contribution in [0.5, 0.6) is 0 Å². The predicted molar refractivity (Wildman–Crippen MR) is 113 cm³/mol. The smallest absolute Gasteiger partial charge is 0.408 e. The summed E-state index contributed by atoms with van der Waals surface area (Å²) < 4.78 is 12.6. The summed E-state index contributed by atoms with van der Waals surface area (Å²) in [6.45, 7) is 22.4. The van der Waals surface area contributed by atoms with Gasteiger partial charge in [0.2, 0.25) is 8.32 Å². The van der Waals surface area contributed by atoms with Gasteiger partial charge in [0, 0.05) is 5.92 Å². The molecule has 1 rings (SSSR count). The van der Waals surface area contributed by atoms with Gasteiger partial charge in [-0.15, -0.1) is 0 Å². The van der Waals surface area contributed by atoms with E-state index in [0.29, 0.717) is 19.1 Å². The third-order valence-corrected chi connectivity index (χ3v) is 10.8. The summed E-state index contributed by atoms with van der Waals surface area (Å²) >= 11 is 0. The van der Waals surface area contributed by atoms with E-state index in [-0.39, 0.29) is 17.0 Å². The summed E-state index contributed by atoms with van der Waals surface area (Å²) in [5.41, 5.74) is 0. The van der Waals surface area contributed by atoms with Crippen LogP contribution in [-0.4, -0.2) is 51.9 Å². The first-order valence-electron chi connectivity index (χ1n) is 9.58. The summed E-state index contributed by atoms with van der Waals surface area (Å²) in [4.78, 5) is 13.5. The standard InChI is InChI=1S/C19H39NO4Si2/c1-14(2)16-11-15(24-25(6,7)8)12-20(18(21)22)17(16)13-23-26(9,10)19(3,4)5/h11,14,16-17H,12-13H2,1-10H3,(H,21,22). The summed E-state index contributed by atoms with van der Waals surface area (Å²) in [5.74, 6) is 1.20. The van der Waals surface area contributed by atoms with Crippen LogP contribution >= 0.6 is 0 Å². The lowest BCUT2D eigenvalue weighted by Gasteiger charge is -2.44. The van der Waals surface area contributed by atoms with Crippen molar-refractivity contribution in [2.45, 2.75) is 78.4 Å². The molecule has 5 nitrogen and oxygen atoms in total. The van der Waals surface area contributed by atoms with Crippen LogP contribution in [-0.2, 0) is 8.85 Å². The van der Waals surface area contributed by atoms with Crippen molar-refractivity contribution in [1.29, 1.82) is 0 Å². The third-order valence-electron chi connectivity index (χ3n) is 5.42. The van der Waals surface area contributed by atoms with Crippen molar-refractivity contribution in [3.8, 4) is 0 Å². The van der Waals surface area contributed by atoms with Crippen molar-refractivity contribution in [3.63, 3.8) is 0 Å². The van der Waals surface area contributed by atoms with Crippen LogP contribution in [0.1, 0.15) is 34.6 Å². The third kappa shape index (κ3) is 6.13. The van der Waals surface area contributed by atoms with E-state index in [4.69, 9.17) is 8.85 Å². The highest BCUT2D eigenvalue weighted by Gasteiger charge is 2.42. The van der Waals surface area contributed by atoms with E-state index < -0.39 is 22.7 Å². The van der Waals surface area contributed by atoms with Gasteiger partial charge in [0.15, 0.2) is 8.32 Å². The number of carboxylic acid groups (broad SMARTS) is 1. The fourth-order valence-electron chi connectivity index (χ4n) is 2.89. The van der Waals surface area contributed by atoms with Gasteiger partial charge in [-0.25, -0.2) is 4.79 Å². The minimum Gasteiger partial charge on any atom is -0.546 e. The average Bonchev–Trinajstić information content (AvgIpc) is 2.41. The highest BCUT2D eigenvalue weighted by atomic mass is 28.4. The van der Waals surface area contributed by atoms with Crippen molar-refractivity contribution in [1.82, 2.24) is 4.90 Å². The average molecular weight is 402 g/mol. The minimum absolute atomic E-state index is 0.0935. The van der Waals surface area contributed by atoms with E-state index in [9.17, 15) is 9.90 Å². The second-order valence-corrected chi connectivity index (χ2v) is 19.5. The molecule has 0 aliphatic carbocycles. The van der Waals surface area contributed by atoms with Crippen LogP contribution in [0, 0.1) is 11.8 Å². The summed E-state index contributed by atoms with van der Waals surface area (Å²) in [5, 5.41) is 9.93. The largest absolute Gasteiger partial charge is 0.546 e. The maximum Gasteiger partial charge on any atom is 0.408 e. The molecule has 152 valence electrons. The van der Waals surface area contributed by atoms with Crippen molar-refractivity contribution < 1.29 is 18.8 Å². The molecule has 2 atom stereocenters. The van der Waals surface area contributed by atoms with Crippen molar-refractivity contribution >= 4 is 22.7 Å². The first-order chi connectivity index (χ1) is 11.5. The molecule has 0 bridgehead atoms. The Kier molecular flexibility index (Phi) is 7.21. The quantitative estimate of drug-likeness (QED) is 0.607. The van der Waals surface area contributed by atoms with Crippen LogP contribution in [0.4, 0.5) is 4.79 Å². The van der Waals surface area contributed by atoms with Crippen LogP contribution in [0.25, 0.3) is 0 Å². The molecule has 0 aromatic rings. The van der Waals surface area contributed by atoms with Gasteiger partial charge in [-0.05, 0) is 49.8 Å². The predicted octanol–water partition coefficient (Wildman–Crippen LogP) is 5.38. The van der Waals surface area contributed by atoms with Gasteiger partial charge in [0.1, 0.15) is 0 Å². The van der Waals surface area contributed by atoms with Gasteiger partial charge < -0.3 is 14.0 Å². The molecule has 1 aliphatic rings. The van der Waals surface area contributed by atoms with Crippen LogP contribution in [0.3, 0.4) is 0 Å². The molecule has 1 N–H and O–H groups in total. The minimum atomic E-state index is -1.94. The first kappa shape index (κ1) is 23.2. The van der Waals surface area contributed by atoms with E-state index in [1.165, 1.54) is 4.90 Å². The molecule has 1 heterocycles. The molecule has 2 unspecified atom stereocenters. The van der Waals surface area contributed by atoms with Crippen LogP contribution < -0.4 is 0 Å². The van der Waals surface area contributed by atoms with Gasteiger partial charge in [0.05, 0.1) is 25.0 Å². The second-order valence-electron chi connectivity index (χ2n) is 10.2. The molecule has 0 saturated heterocycles. The summed E-state index contributed by atoms with van der Waals surface area (Å²) in [7, 11) is -3.72. The van der Waals surface area contributed by atoms with Crippen LogP contribution in [0.2, 0.25) is 37.8 Å². The van der Waals surface area contributed by atoms with Gasteiger partial charge in [-0.2, -0.15) is 0 Å². The zero-order valence-electron chi connectivity index (χ0n) is 18.3. The fraction of sp³-hybridized carbons (Fsp3) is 0.842. The first-order valence-corrected chi connectivity index (χ1v) is 15.9. The Labute approximate surface area is 162 Å². The molecular weight excluding hydrogens is 362 g/mol. The zero-order valence-corrected chi connectivity index (χ0v) is 20.3. The lowest BCUT2D eigenvalue weighted by Crippen LogP contribution is -2.54. The highest BCUT2D eigenvalue weighted by Crippen LogP contribution is 2.38. The Hall–Kier alpha value is -0.796. The number of carbonyl (C=O) groups is 1. The topological polar surface area (TPSA) is 59.0 Å². The van der Waals surface area contributed by atoms with Gasteiger partial charge in [-0.1, -0.05) is 34.6 Å².